The van der Waals surface area contributed by atoms with E-state index in [9.17, 15) is 4.79 Å². The Morgan fingerprint density at radius 1 is 1.36 bits per heavy atom. The first-order chi connectivity index (χ1) is 10.2. The van der Waals surface area contributed by atoms with Gasteiger partial charge in [0, 0.05) is 3.57 Å². The number of hydrogen-bond donors (Lipinski definition) is 0. The molecule has 0 bridgehead atoms. The van der Waals surface area contributed by atoms with Gasteiger partial charge in [-0.25, -0.2) is 0 Å². The van der Waals surface area contributed by atoms with Crippen molar-refractivity contribution in [2.75, 3.05) is 11.9 Å². The molecule has 1 aromatic rings. The second-order valence-corrected chi connectivity index (χ2v) is 7.96. The van der Waals surface area contributed by atoms with E-state index in [4.69, 9.17) is 11.2 Å². The van der Waals surface area contributed by atoms with Gasteiger partial charge in [-0.1, -0.05) is 34.0 Å². The summed E-state index contributed by atoms with van der Waals surface area (Å²) in [5.74, 6) is 2.68. The Kier molecular flexibility index (Phi) is 7.57. The highest BCUT2D eigenvalue weighted by Crippen LogP contribution is 2.34. The van der Waals surface area contributed by atoms with Crippen molar-refractivity contribution in [1.29, 1.82) is 0 Å². The SMILES string of the molecule is C#CCOC(C)(C)CCC(C)(C(=O)CBr)c1cccc(I)c1. The molecular formula is C18H22BrIO2. The number of rotatable bonds is 8. The highest BCUT2D eigenvalue weighted by molar-refractivity contribution is 14.1. The third-order valence-electron chi connectivity index (χ3n) is 3.97. The fourth-order valence-electron chi connectivity index (χ4n) is 2.28. The second-order valence-electron chi connectivity index (χ2n) is 6.15. The molecule has 0 fully saturated rings. The van der Waals surface area contributed by atoms with Gasteiger partial charge in [0.1, 0.15) is 6.61 Å². The van der Waals surface area contributed by atoms with Gasteiger partial charge in [0.2, 0.25) is 0 Å². The Labute approximate surface area is 155 Å². The van der Waals surface area contributed by atoms with E-state index in [1.54, 1.807) is 0 Å². The molecule has 0 aliphatic heterocycles. The average molecular weight is 477 g/mol. The Balaban J connectivity index is 2.99. The average Bonchev–Trinajstić information content (AvgIpc) is 2.50. The van der Waals surface area contributed by atoms with Gasteiger partial charge in [-0.3, -0.25) is 4.79 Å². The second kappa shape index (κ2) is 8.47. The van der Waals surface area contributed by atoms with Crippen molar-refractivity contribution in [1.82, 2.24) is 0 Å². The molecule has 0 aliphatic carbocycles. The van der Waals surface area contributed by atoms with Crippen molar-refractivity contribution < 1.29 is 9.53 Å². The third-order valence-corrected chi connectivity index (χ3v) is 5.15. The lowest BCUT2D eigenvalue weighted by Gasteiger charge is -2.33. The zero-order valence-electron chi connectivity index (χ0n) is 13.3. The zero-order valence-corrected chi connectivity index (χ0v) is 17.0. The molecule has 4 heteroatoms. The lowest BCUT2D eigenvalue weighted by molar-refractivity contribution is -0.122. The van der Waals surface area contributed by atoms with Crippen molar-refractivity contribution in [3.05, 3.63) is 33.4 Å². The molecule has 0 saturated heterocycles. The Morgan fingerprint density at radius 3 is 2.59 bits per heavy atom. The predicted molar refractivity (Wildman–Crippen MR) is 103 cm³/mol. The molecule has 1 aromatic carbocycles. The summed E-state index contributed by atoms with van der Waals surface area (Å²) >= 11 is 5.59. The molecule has 2 nitrogen and oxygen atoms in total. The minimum absolute atomic E-state index is 0.183. The zero-order chi connectivity index (χ0) is 16.8. The van der Waals surface area contributed by atoms with Crippen molar-refractivity contribution in [2.45, 2.75) is 44.6 Å². The minimum atomic E-state index is -0.526. The molecule has 1 atom stereocenters. The quantitative estimate of drug-likeness (QED) is 0.308. The first-order valence-electron chi connectivity index (χ1n) is 7.18. The van der Waals surface area contributed by atoms with Gasteiger partial charge in [0.05, 0.1) is 16.3 Å². The number of carbonyl (C=O) groups excluding carboxylic acids is 1. The number of ketones is 1. The molecular weight excluding hydrogens is 455 g/mol. The Bertz CT molecular complexity index is 562. The molecule has 0 saturated carbocycles. The largest absolute Gasteiger partial charge is 0.363 e. The van der Waals surface area contributed by atoms with Crippen LogP contribution in [0.1, 0.15) is 39.2 Å². The van der Waals surface area contributed by atoms with Gasteiger partial charge in [-0.05, 0) is 73.9 Å². The molecule has 0 radical (unpaired) electrons. The van der Waals surface area contributed by atoms with Crippen LogP contribution in [0.5, 0.6) is 0 Å². The van der Waals surface area contributed by atoms with E-state index in [0.717, 1.165) is 22.0 Å². The standard InChI is InChI=1S/C18H22BrIO2/c1-5-11-22-17(2,3)9-10-18(4,16(21)13-19)14-7-6-8-15(20)12-14/h1,6-8,12H,9-11,13H2,2-4H3. The van der Waals surface area contributed by atoms with Gasteiger partial charge in [-0.15, -0.1) is 6.42 Å². The maximum absolute atomic E-state index is 12.6. The van der Waals surface area contributed by atoms with Crippen LogP contribution in [0.25, 0.3) is 0 Å². The van der Waals surface area contributed by atoms with Crippen LogP contribution in [0, 0.1) is 15.9 Å². The highest BCUT2D eigenvalue weighted by Gasteiger charge is 2.36. The van der Waals surface area contributed by atoms with E-state index in [2.05, 4.69) is 50.5 Å². The van der Waals surface area contributed by atoms with Crippen LogP contribution in [0.15, 0.2) is 24.3 Å². The lowest BCUT2D eigenvalue weighted by Crippen LogP contribution is -2.37. The monoisotopic (exact) mass is 476 g/mol. The molecule has 0 heterocycles. The van der Waals surface area contributed by atoms with Gasteiger partial charge in [0.25, 0.3) is 0 Å². The smallest absolute Gasteiger partial charge is 0.153 e. The van der Waals surface area contributed by atoms with E-state index in [-0.39, 0.29) is 11.4 Å². The molecule has 0 amide bonds. The van der Waals surface area contributed by atoms with E-state index < -0.39 is 5.41 Å². The molecule has 1 unspecified atom stereocenters. The number of carbonyl (C=O) groups is 1. The van der Waals surface area contributed by atoms with E-state index in [0.29, 0.717) is 11.9 Å². The van der Waals surface area contributed by atoms with Crippen LogP contribution in [-0.2, 0) is 14.9 Å². The Morgan fingerprint density at radius 2 is 2.05 bits per heavy atom. The minimum Gasteiger partial charge on any atom is -0.363 e. The number of Topliss-reactive ketones (excluding diaryl/α,β-unsaturated/α-hetero) is 1. The third kappa shape index (κ3) is 5.36. The van der Waals surface area contributed by atoms with Crippen molar-refractivity contribution in [3.63, 3.8) is 0 Å². The van der Waals surface area contributed by atoms with Crippen molar-refractivity contribution in [2.24, 2.45) is 0 Å². The molecule has 120 valence electrons. The summed E-state index contributed by atoms with van der Waals surface area (Å²) in [4.78, 5) is 12.6. The number of alkyl halides is 1. The summed E-state index contributed by atoms with van der Waals surface area (Å²) in [6.45, 7) is 6.33. The van der Waals surface area contributed by atoms with Gasteiger partial charge in [0.15, 0.2) is 5.78 Å². The Hall–Kier alpha value is -0.380. The number of hydrogen-bond acceptors (Lipinski definition) is 2. The van der Waals surface area contributed by atoms with Crippen molar-refractivity contribution >= 4 is 44.3 Å². The fourth-order valence-corrected chi connectivity index (χ4v) is 3.45. The van der Waals surface area contributed by atoms with Crippen molar-refractivity contribution in [3.8, 4) is 12.3 Å². The van der Waals surface area contributed by atoms with Gasteiger partial charge >= 0.3 is 0 Å². The molecule has 0 N–H and O–H groups in total. The first kappa shape index (κ1) is 19.7. The lowest BCUT2D eigenvalue weighted by atomic mass is 9.74. The van der Waals surface area contributed by atoms with Gasteiger partial charge < -0.3 is 4.74 Å². The summed E-state index contributed by atoms with van der Waals surface area (Å²) in [5.41, 5.74) is 0.181. The normalized spacial score (nSPS) is 14.2. The summed E-state index contributed by atoms with van der Waals surface area (Å²) in [5, 5.41) is 0.348. The number of ether oxygens (including phenoxy) is 1. The van der Waals surface area contributed by atoms with Crippen LogP contribution in [0.2, 0.25) is 0 Å². The fraction of sp³-hybridized carbons (Fsp3) is 0.500. The molecule has 0 aliphatic rings. The summed E-state index contributed by atoms with van der Waals surface area (Å²) in [6, 6.07) is 8.13. The van der Waals surface area contributed by atoms with E-state index in [1.807, 2.05) is 39.0 Å². The predicted octanol–water partition coefficient (Wildman–Crippen LogP) is 4.72. The summed E-state index contributed by atoms with van der Waals surface area (Å²) in [7, 11) is 0. The number of benzene rings is 1. The maximum Gasteiger partial charge on any atom is 0.153 e. The molecule has 1 rings (SSSR count). The topological polar surface area (TPSA) is 26.3 Å². The van der Waals surface area contributed by atoms with Crippen LogP contribution in [-0.4, -0.2) is 23.3 Å². The molecule has 0 spiro atoms. The van der Waals surface area contributed by atoms with Crippen LogP contribution in [0.3, 0.4) is 0 Å². The highest BCUT2D eigenvalue weighted by atomic mass is 127. The first-order valence-corrected chi connectivity index (χ1v) is 9.38. The van der Waals surface area contributed by atoms with Crippen LogP contribution >= 0.6 is 38.5 Å². The molecule has 0 aromatic heterocycles. The van der Waals surface area contributed by atoms with E-state index in [1.165, 1.54) is 0 Å². The van der Waals surface area contributed by atoms with Gasteiger partial charge in [-0.2, -0.15) is 0 Å². The summed E-state index contributed by atoms with van der Waals surface area (Å²) < 4.78 is 6.82. The summed E-state index contributed by atoms with van der Waals surface area (Å²) in [6.07, 6.45) is 6.74. The number of halogens is 2. The van der Waals surface area contributed by atoms with E-state index >= 15 is 0 Å². The van der Waals surface area contributed by atoms with Crippen LogP contribution < -0.4 is 0 Å². The van der Waals surface area contributed by atoms with Crippen LogP contribution in [0.4, 0.5) is 0 Å². The number of terminal acetylenes is 1. The molecule has 22 heavy (non-hydrogen) atoms. The maximum atomic E-state index is 12.6.